The molecule has 2 rings (SSSR count). The molecule has 6 heteroatoms. The molecule has 0 bridgehead atoms. The van der Waals surface area contributed by atoms with E-state index in [2.05, 4.69) is 103 Å². The summed E-state index contributed by atoms with van der Waals surface area (Å²) < 4.78 is 0. The van der Waals surface area contributed by atoms with Gasteiger partial charge in [0.2, 0.25) is 0 Å². The average molecular weight is 554 g/mol. The van der Waals surface area contributed by atoms with Crippen LogP contribution < -0.4 is 40.8 Å². The molecule has 0 saturated carbocycles. The van der Waals surface area contributed by atoms with Crippen molar-refractivity contribution < 1.29 is 41.6 Å². The number of hydrogen-bond donors (Lipinski definition) is 3. The zero-order valence-electron chi connectivity index (χ0n) is 22.5. The fraction of sp³-hybridized carbons (Fsp3) is 0.571. The van der Waals surface area contributed by atoms with Gasteiger partial charge in [0.05, 0.1) is 0 Å². The van der Waals surface area contributed by atoms with Gasteiger partial charge in [0.25, 0.3) is 0 Å². The number of rotatable bonds is 11. The number of halogens is 2. The topological polar surface area (TPSA) is 36.1 Å². The van der Waals surface area contributed by atoms with E-state index in [4.69, 9.17) is 0 Å². The van der Waals surface area contributed by atoms with Gasteiger partial charge in [0.15, 0.2) is 0 Å². The first-order valence-electron chi connectivity index (χ1n) is 12.1. The number of hydrogen-bond acceptors (Lipinski definition) is 3. The second kappa shape index (κ2) is 16.7. The van der Waals surface area contributed by atoms with Crippen molar-refractivity contribution >= 4 is 11.4 Å². The van der Waals surface area contributed by atoms with E-state index in [1.165, 1.54) is 44.8 Å². The third-order valence-electron chi connectivity index (χ3n) is 6.02. The molecule has 2 aromatic carbocycles. The first-order valence-corrected chi connectivity index (χ1v) is 12.1. The minimum Gasteiger partial charge on any atom is -1.00 e. The summed E-state index contributed by atoms with van der Waals surface area (Å²) in [5, 5.41) is 10.9. The molecule has 0 amide bonds. The molecule has 0 aliphatic heterocycles. The van der Waals surface area contributed by atoms with Gasteiger partial charge in [-0.1, -0.05) is 71.4 Å². The molecule has 0 fully saturated rings. The Bertz CT molecular complexity index is 815. The largest absolute Gasteiger partial charge is 2.00 e. The standard InChI is InChI=1S/C28H45N3.2ClH.Co/c1-18(2)24-16-25(19(3)4)28(26(17-24)20(5)6)31-13-11-29-10-12-30-27-22(8)14-21(7)15-23(27)9;;;/h14-20,29-31H,10-13H2,1-9H3;2*1H;/q;;;+2/p-2. The van der Waals surface area contributed by atoms with Crippen LogP contribution in [0.5, 0.6) is 0 Å². The van der Waals surface area contributed by atoms with E-state index in [0.29, 0.717) is 17.8 Å². The maximum absolute atomic E-state index is 3.76. The van der Waals surface area contributed by atoms with Crippen LogP contribution in [0.25, 0.3) is 0 Å². The van der Waals surface area contributed by atoms with E-state index >= 15 is 0 Å². The van der Waals surface area contributed by atoms with Crippen LogP contribution in [0.2, 0.25) is 0 Å². The number of aryl methyl sites for hydroxylation is 3. The quantitative estimate of drug-likeness (QED) is 0.365. The molecule has 0 saturated heterocycles. The van der Waals surface area contributed by atoms with Crippen molar-refractivity contribution in [1.29, 1.82) is 0 Å². The second-order valence-corrected chi connectivity index (χ2v) is 9.92. The van der Waals surface area contributed by atoms with E-state index in [9.17, 15) is 0 Å². The van der Waals surface area contributed by atoms with Crippen LogP contribution in [0.1, 0.15) is 92.7 Å². The van der Waals surface area contributed by atoms with Gasteiger partial charge in [-0.2, -0.15) is 0 Å². The number of benzene rings is 2. The SMILES string of the molecule is Cc1cc(C)c(NCCNCCNc2c(C(C)C)cc(C(C)C)cc2C(C)C)c(C)c1.[Cl-].[Cl-].[Co+2]. The molecule has 3 nitrogen and oxygen atoms in total. The monoisotopic (exact) mass is 552 g/mol. The van der Waals surface area contributed by atoms with Crippen molar-refractivity contribution in [2.24, 2.45) is 0 Å². The molecule has 0 heterocycles. The van der Waals surface area contributed by atoms with Crippen LogP contribution in [0.4, 0.5) is 11.4 Å². The van der Waals surface area contributed by atoms with E-state index in [1.54, 1.807) is 0 Å². The zero-order chi connectivity index (χ0) is 23.1. The molecule has 2 aromatic rings. The van der Waals surface area contributed by atoms with Gasteiger partial charge in [-0.3, -0.25) is 0 Å². The third kappa shape index (κ3) is 9.98. The predicted octanol–water partition coefficient (Wildman–Crippen LogP) is 1.10. The van der Waals surface area contributed by atoms with Crippen molar-refractivity contribution in [1.82, 2.24) is 5.32 Å². The molecule has 0 aromatic heterocycles. The summed E-state index contributed by atoms with van der Waals surface area (Å²) in [6.07, 6.45) is 0. The summed E-state index contributed by atoms with van der Waals surface area (Å²) in [5.74, 6) is 1.58. The van der Waals surface area contributed by atoms with Gasteiger partial charge in [-0.15, -0.1) is 0 Å². The summed E-state index contributed by atoms with van der Waals surface area (Å²) >= 11 is 0. The Labute approximate surface area is 232 Å². The van der Waals surface area contributed by atoms with Crippen LogP contribution in [0.15, 0.2) is 24.3 Å². The van der Waals surface area contributed by atoms with Gasteiger partial charge in [0, 0.05) is 37.6 Å². The fourth-order valence-corrected chi connectivity index (χ4v) is 4.30. The maximum atomic E-state index is 3.76. The summed E-state index contributed by atoms with van der Waals surface area (Å²) in [6.45, 7) is 24.1. The van der Waals surface area contributed by atoms with E-state index in [-0.39, 0.29) is 41.6 Å². The van der Waals surface area contributed by atoms with Crippen molar-refractivity contribution in [3.63, 3.8) is 0 Å². The Balaban J connectivity index is 0. The van der Waals surface area contributed by atoms with Crippen molar-refractivity contribution in [2.45, 2.75) is 80.1 Å². The maximum Gasteiger partial charge on any atom is 2.00 e. The molecule has 0 unspecified atom stereocenters. The molecule has 195 valence electrons. The first kappa shape index (κ1) is 35.2. The summed E-state index contributed by atoms with van der Waals surface area (Å²) in [7, 11) is 0. The average Bonchev–Trinajstić information content (AvgIpc) is 2.67. The molecule has 0 aliphatic carbocycles. The minimum absolute atomic E-state index is 0. The number of anilines is 2. The molecule has 0 aliphatic rings. The van der Waals surface area contributed by atoms with Crippen LogP contribution in [-0.2, 0) is 16.8 Å². The summed E-state index contributed by atoms with van der Waals surface area (Å²) in [4.78, 5) is 0. The molecule has 34 heavy (non-hydrogen) atoms. The Morgan fingerprint density at radius 3 is 1.38 bits per heavy atom. The predicted molar refractivity (Wildman–Crippen MR) is 139 cm³/mol. The third-order valence-corrected chi connectivity index (χ3v) is 6.02. The van der Waals surface area contributed by atoms with Crippen molar-refractivity contribution in [3.8, 4) is 0 Å². The second-order valence-electron chi connectivity index (χ2n) is 9.92. The molecule has 1 radical (unpaired) electrons. The minimum atomic E-state index is 0. The normalized spacial score (nSPS) is 10.6. The Kier molecular flexibility index (Phi) is 17.3. The Hall–Kier alpha value is -0.914. The molecule has 3 N–H and O–H groups in total. The van der Waals surface area contributed by atoms with E-state index in [0.717, 1.165) is 26.2 Å². The summed E-state index contributed by atoms with van der Waals surface area (Å²) in [5.41, 5.74) is 10.9. The van der Waals surface area contributed by atoms with E-state index < -0.39 is 0 Å². The zero-order valence-corrected chi connectivity index (χ0v) is 25.0. The summed E-state index contributed by atoms with van der Waals surface area (Å²) in [6, 6.07) is 9.31. The molecule has 0 atom stereocenters. The molecule has 0 spiro atoms. The van der Waals surface area contributed by atoms with Crippen LogP contribution in [-0.4, -0.2) is 26.2 Å². The van der Waals surface area contributed by atoms with Crippen molar-refractivity contribution in [3.05, 3.63) is 57.6 Å². The molecular formula is C28H45Cl2CoN3. The van der Waals surface area contributed by atoms with Crippen LogP contribution in [0, 0.1) is 20.8 Å². The van der Waals surface area contributed by atoms with Crippen LogP contribution in [0.3, 0.4) is 0 Å². The van der Waals surface area contributed by atoms with E-state index in [1.807, 2.05) is 0 Å². The van der Waals surface area contributed by atoms with Gasteiger partial charge >= 0.3 is 16.8 Å². The first-order chi connectivity index (χ1) is 14.6. The number of nitrogens with one attached hydrogen (secondary N) is 3. The fourth-order valence-electron chi connectivity index (χ4n) is 4.30. The molecular weight excluding hydrogens is 508 g/mol. The Morgan fingerprint density at radius 1 is 0.588 bits per heavy atom. The van der Waals surface area contributed by atoms with Gasteiger partial charge in [-0.05, 0) is 66.3 Å². The smallest absolute Gasteiger partial charge is 1.00 e. The van der Waals surface area contributed by atoms with Crippen LogP contribution >= 0.6 is 0 Å². The van der Waals surface area contributed by atoms with Crippen molar-refractivity contribution in [2.75, 3.05) is 36.8 Å². The van der Waals surface area contributed by atoms with Gasteiger partial charge in [0.1, 0.15) is 0 Å². The van der Waals surface area contributed by atoms with Gasteiger partial charge < -0.3 is 40.8 Å². The van der Waals surface area contributed by atoms with Gasteiger partial charge in [-0.25, -0.2) is 0 Å². The Morgan fingerprint density at radius 2 is 1.00 bits per heavy atom.